The summed E-state index contributed by atoms with van der Waals surface area (Å²) in [5, 5.41) is 14.2. The number of halogens is 5. The van der Waals surface area contributed by atoms with Gasteiger partial charge in [0.15, 0.2) is 0 Å². The molecule has 11 nitrogen and oxygen atoms in total. The predicted molar refractivity (Wildman–Crippen MR) is 173 cm³/mol. The van der Waals surface area contributed by atoms with Crippen molar-refractivity contribution in [3.05, 3.63) is 87.9 Å². The first-order valence-electron chi connectivity index (χ1n) is 14.2. The summed E-state index contributed by atoms with van der Waals surface area (Å²) >= 11 is 13.0. The van der Waals surface area contributed by atoms with Gasteiger partial charge in [-0.25, -0.2) is 18.2 Å². The van der Waals surface area contributed by atoms with Gasteiger partial charge in [0, 0.05) is 40.3 Å². The number of carboxylic acid groups (broad SMARTS) is 1. The summed E-state index contributed by atoms with van der Waals surface area (Å²) in [6.45, 7) is 6.46. The summed E-state index contributed by atoms with van der Waals surface area (Å²) in [4.78, 5) is 26.1. The standard InChI is InChI=1S/C29H32Cl2N4O5S.C2HF3O2/c1-19-8-9-21-6-4-7-24(27(21)34-19)40-18-22-23(30)10-11-25(26(22)31)41(37,38)35-29(2,3)28(36)33-14-5-13-32-16-20-12-15-39-17-20;3-2(4,5)1(6)7/h4,6-12,15,17,32,35H,5,13-14,16,18H2,1-3H3,(H,33,36);(H,6,7). The number of aryl methyl sites for hydroxylation is 1. The summed E-state index contributed by atoms with van der Waals surface area (Å²) in [5.41, 5.74) is 1.38. The van der Waals surface area contributed by atoms with Crippen LogP contribution in [0, 0.1) is 6.92 Å². The number of hydrogen-bond acceptors (Lipinski definition) is 8. The number of ether oxygens (including phenoxy) is 1. The lowest BCUT2D eigenvalue weighted by Crippen LogP contribution is -2.54. The maximum absolute atomic E-state index is 13.4. The number of hydrogen-bond donors (Lipinski definition) is 4. The first kappa shape index (κ1) is 38.6. The molecular weight excluding hydrogens is 700 g/mol. The Morgan fingerprint density at radius 3 is 2.40 bits per heavy atom. The molecule has 0 aliphatic heterocycles. The van der Waals surface area contributed by atoms with Crippen LogP contribution in [0.25, 0.3) is 10.9 Å². The molecule has 0 aliphatic carbocycles. The molecule has 0 radical (unpaired) electrons. The summed E-state index contributed by atoms with van der Waals surface area (Å²) in [7, 11) is -4.21. The van der Waals surface area contributed by atoms with Crippen LogP contribution in [0.1, 0.15) is 37.1 Å². The number of furan rings is 1. The number of carbonyl (C=O) groups excluding carboxylic acids is 1. The van der Waals surface area contributed by atoms with Crippen molar-refractivity contribution in [1.82, 2.24) is 20.3 Å². The van der Waals surface area contributed by atoms with Gasteiger partial charge in [-0.1, -0.05) is 41.4 Å². The van der Waals surface area contributed by atoms with Gasteiger partial charge >= 0.3 is 12.1 Å². The Labute approximate surface area is 284 Å². The third-order valence-electron chi connectivity index (χ3n) is 6.56. The zero-order chi connectivity index (χ0) is 35.7. The van der Waals surface area contributed by atoms with Crippen LogP contribution in [0.5, 0.6) is 5.75 Å². The number of nitrogens with zero attached hydrogens (tertiary/aromatic N) is 1. The molecule has 0 saturated carbocycles. The Balaban J connectivity index is 0.000000804. The molecule has 0 unspecified atom stereocenters. The van der Waals surface area contributed by atoms with E-state index in [1.165, 1.54) is 26.0 Å². The van der Waals surface area contributed by atoms with E-state index in [0.717, 1.165) is 16.6 Å². The van der Waals surface area contributed by atoms with Gasteiger partial charge in [0.05, 0.1) is 17.5 Å². The van der Waals surface area contributed by atoms with Gasteiger partial charge in [0.2, 0.25) is 15.9 Å². The minimum Gasteiger partial charge on any atom is -0.487 e. The Morgan fingerprint density at radius 2 is 1.75 bits per heavy atom. The fourth-order valence-corrected chi connectivity index (χ4v) is 6.36. The first-order chi connectivity index (χ1) is 22.4. The second kappa shape index (κ2) is 16.5. The van der Waals surface area contributed by atoms with E-state index in [0.29, 0.717) is 42.9 Å². The number of sulfonamides is 1. The van der Waals surface area contributed by atoms with Crippen LogP contribution in [-0.2, 0) is 32.8 Å². The molecule has 0 fully saturated rings. The molecule has 2 heterocycles. The highest BCUT2D eigenvalue weighted by Gasteiger charge is 2.38. The van der Waals surface area contributed by atoms with Crippen molar-refractivity contribution >= 4 is 56.0 Å². The van der Waals surface area contributed by atoms with E-state index in [1.807, 2.05) is 37.3 Å². The number of nitrogens with one attached hydrogen (secondary N) is 3. The average Bonchev–Trinajstić information content (AvgIpc) is 3.51. The Hall–Kier alpha value is -3.89. The van der Waals surface area contributed by atoms with Crippen molar-refractivity contribution in [2.24, 2.45) is 0 Å². The van der Waals surface area contributed by atoms with Gasteiger partial charge in [0.25, 0.3) is 0 Å². The van der Waals surface area contributed by atoms with Crippen LogP contribution in [0.3, 0.4) is 0 Å². The van der Waals surface area contributed by atoms with E-state index >= 15 is 0 Å². The Kier molecular flexibility index (Phi) is 13.2. The molecule has 4 rings (SSSR count). The zero-order valence-corrected chi connectivity index (χ0v) is 28.3. The van der Waals surface area contributed by atoms with Crippen molar-refractivity contribution in [3.63, 3.8) is 0 Å². The lowest BCUT2D eigenvalue weighted by atomic mass is 10.1. The smallest absolute Gasteiger partial charge is 0.487 e. The zero-order valence-electron chi connectivity index (χ0n) is 26.0. The summed E-state index contributed by atoms with van der Waals surface area (Å²) < 4.78 is 72.0. The number of para-hydroxylation sites is 1. The number of amides is 1. The van der Waals surface area contributed by atoms with Gasteiger partial charge in [-0.15, -0.1) is 0 Å². The minimum atomic E-state index is -5.08. The number of alkyl halides is 3. The molecule has 48 heavy (non-hydrogen) atoms. The van der Waals surface area contributed by atoms with Gasteiger partial charge in [-0.3, -0.25) is 4.79 Å². The lowest BCUT2D eigenvalue weighted by Gasteiger charge is -2.25. The number of aliphatic carboxylic acids is 1. The minimum absolute atomic E-state index is 0.0886. The van der Waals surface area contributed by atoms with Gasteiger partial charge < -0.3 is 24.9 Å². The molecule has 0 atom stereocenters. The largest absolute Gasteiger partial charge is 0.490 e. The highest BCUT2D eigenvalue weighted by molar-refractivity contribution is 7.89. The molecule has 260 valence electrons. The normalized spacial score (nSPS) is 11.9. The van der Waals surface area contributed by atoms with Crippen molar-refractivity contribution in [3.8, 4) is 5.75 Å². The first-order valence-corrected chi connectivity index (χ1v) is 16.5. The Bertz CT molecular complexity index is 1840. The number of aromatic nitrogens is 1. The molecule has 0 bridgehead atoms. The maximum atomic E-state index is 13.4. The van der Waals surface area contributed by atoms with Crippen molar-refractivity contribution in [2.45, 2.75) is 57.0 Å². The Morgan fingerprint density at radius 1 is 1.04 bits per heavy atom. The van der Waals surface area contributed by atoms with Crippen LogP contribution in [0.2, 0.25) is 10.0 Å². The molecule has 4 aromatic rings. The molecule has 0 aliphatic rings. The highest BCUT2D eigenvalue weighted by atomic mass is 35.5. The van der Waals surface area contributed by atoms with Gasteiger partial charge in [-0.05, 0) is 64.1 Å². The van der Waals surface area contributed by atoms with E-state index in [-0.39, 0.29) is 21.5 Å². The monoisotopic (exact) mass is 732 g/mol. The van der Waals surface area contributed by atoms with E-state index in [9.17, 15) is 26.4 Å². The summed E-state index contributed by atoms with van der Waals surface area (Å²) in [6, 6.07) is 14.0. The molecular formula is C31H33Cl2F3N4O7S. The fourth-order valence-electron chi connectivity index (χ4n) is 4.10. The van der Waals surface area contributed by atoms with Crippen molar-refractivity contribution < 1.29 is 45.4 Å². The second-order valence-electron chi connectivity index (χ2n) is 10.9. The average molecular weight is 734 g/mol. The third-order valence-corrected chi connectivity index (χ3v) is 9.16. The van der Waals surface area contributed by atoms with Crippen LogP contribution >= 0.6 is 23.2 Å². The summed E-state index contributed by atoms with van der Waals surface area (Å²) in [5.74, 6) is -2.71. The highest BCUT2D eigenvalue weighted by Crippen LogP contribution is 2.33. The molecule has 1 amide bonds. The number of benzene rings is 2. The quantitative estimate of drug-likeness (QED) is 0.121. The maximum Gasteiger partial charge on any atom is 0.490 e. The van der Waals surface area contributed by atoms with E-state index in [1.54, 1.807) is 18.6 Å². The lowest BCUT2D eigenvalue weighted by molar-refractivity contribution is -0.192. The molecule has 17 heteroatoms. The topological polar surface area (TPSA) is 160 Å². The molecule has 2 aromatic heterocycles. The predicted octanol–water partition coefficient (Wildman–Crippen LogP) is 6.01. The number of carboxylic acids is 1. The van der Waals surface area contributed by atoms with Crippen LogP contribution in [-0.4, -0.2) is 55.2 Å². The van der Waals surface area contributed by atoms with Crippen molar-refractivity contribution in [1.29, 1.82) is 0 Å². The number of pyridine rings is 1. The van der Waals surface area contributed by atoms with Crippen molar-refractivity contribution in [2.75, 3.05) is 13.1 Å². The summed E-state index contributed by atoms with van der Waals surface area (Å²) in [6.07, 6.45) is -1.16. The number of fused-ring (bicyclic) bond motifs is 1. The molecule has 4 N–H and O–H groups in total. The molecule has 0 saturated heterocycles. The van der Waals surface area contributed by atoms with E-state index in [2.05, 4.69) is 20.3 Å². The number of carbonyl (C=O) groups is 2. The molecule has 2 aromatic carbocycles. The fraction of sp³-hybridized carbons (Fsp3) is 0.323. The van der Waals surface area contributed by atoms with E-state index < -0.39 is 33.6 Å². The van der Waals surface area contributed by atoms with Gasteiger partial charge in [-0.2, -0.15) is 17.9 Å². The van der Waals surface area contributed by atoms with Gasteiger partial charge in [0.1, 0.15) is 28.3 Å². The van der Waals surface area contributed by atoms with Crippen LogP contribution in [0.4, 0.5) is 13.2 Å². The number of rotatable bonds is 13. The molecule has 0 spiro atoms. The second-order valence-corrected chi connectivity index (χ2v) is 13.3. The van der Waals surface area contributed by atoms with Crippen LogP contribution < -0.4 is 20.1 Å². The van der Waals surface area contributed by atoms with E-state index in [4.69, 9.17) is 42.3 Å². The third kappa shape index (κ3) is 10.8. The SMILES string of the molecule is Cc1ccc2cccc(OCc3c(Cl)ccc(S(=O)(=O)NC(C)(C)C(=O)NCCCNCc4ccoc4)c3Cl)c2n1.O=C(O)C(F)(F)F. The van der Waals surface area contributed by atoms with Crippen LogP contribution in [0.15, 0.2) is 70.4 Å².